The van der Waals surface area contributed by atoms with Crippen LogP contribution in [0.3, 0.4) is 0 Å². The molecule has 0 radical (unpaired) electrons. The van der Waals surface area contributed by atoms with Gasteiger partial charge in [-0.05, 0) is 64.8 Å². The van der Waals surface area contributed by atoms with Crippen molar-refractivity contribution in [3.8, 4) is 0 Å². The van der Waals surface area contributed by atoms with Crippen LogP contribution in [0.15, 0.2) is 22.7 Å². The largest absolute Gasteiger partial charge is 0.460 e. The second kappa shape index (κ2) is 10.7. The van der Waals surface area contributed by atoms with Crippen molar-refractivity contribution in [2.24, 2.45) is 0 Å². The molecule has 0 unspecified atom stereocenters. The Hall–Kier alpha value is -2.78. The maximum absolute atomic E-state index is 12.5. The number of piperazine rings is 1. The van der Waals surface area contributed by atoms with Crippen molar-refractivity contribution < 1.29 is 23.5 Å². The molecule has 1 fully saturated rings. The highest BCUT2D eigenvalue weighted by Gasteiger charge is 2.31. The van der Waals surface area contributed by atoms with Crippen molar-refractivity contribution in [3.63, 3.8) is 0 Å². The minimum atomic E-state index is -0.564. The summed E-state index contributed by atoms with van der Waals surface area (Å²) in [6.45, 7) is 14.3. The minimum Gasteiger partial charge on any atom is -0.460 e. The van der Waals surface area contributed by atoms with Crippen LogP contribution < -0.4 is 5.32 Å². The molecule has 1 aliphatic heterocycles. The predicted molar refractivity (Wildman–Crippen MR) is 130 cm³/mol. The molecule has 2 aromatic rings. The van der Waals surface area contributed by atoms with Crippen molar-refractivity contribution in [1.29, 1.82) is 0 Å². The lowest BCUT2D eigenvalue weighted by atomic mass is 10.0. The van der Waals surface area contributed by atoms with E-state index in [2.05, 4.69) is 15.2 Å². The van der Waals surface area contributed by atoms with Gasteiger partial charge in [-0.1, -0.05) is 11.6 Å². The first-order valence-electron chi connectivity index (χ1n) is 11.4. The number of nitrogens with one attached hydrogen (secondary N) is 1. The fourth-order valence-corrected chi connectivity index (χ4v) is 4.02. The van der Waals surface area contributed by atoms with Gasteiger partial charge in [-0.25, -0.2) is 14.6 Å². The van der Waals surface area contributed by atoms with Gasteiger partial charge in [0.2, 0.25) is 5.76 Å². The third kappa shape index (κ3) is 6.64. The Labute approximate surface area is 205 Å². The highest BCUT2D eigenvalue weighted by atomic mass is 35.5. The van der Waals surface area contributed by atoms with E-state index in [1.165, 1.54) is 6.20 Å². The van der Waals surface area contributed by atoms with Gasteiger partial charge >= 0.3 is 12.1 Å². The summed E-state index contributed by atoms with van der Waals surface area (Å²) in [6, 6.07) is 3.93. The molecule has 1 N–H and O–H groups in total. The Morgan fingerprint density at radius 2 is 2.03 bits per heavy atom. The number of hydrogen-bond acceptors (Lipinski definition) is 8. The maximum Gasteiger partial charge on any atom is 0.410 e. The average molecular weight is 493 g/mol. The number of benzene rings is 1. The predicted octanol–water partition coefficient (Wildman–Crippen LogP) is 5.00. The fraction of sp³-hybridized carbons (Fsp3) is 0.542. The minimum absolute atomic E-state index is 0.0225. The molecule has 10 heteroatoms. The van der Waals surface area contributed by atoms with Crippen LogP contribution in [0.4, 0.5) is 16.5 Å². The van der Waals surface area contributed by atoms with Gasteiger partial charge in [0, 0.05) is 42.9 Å². The van der Waals surface area contributed by atoms with Gasteiger partial charge in [0.15, 0.2) is 0 Å². The van der Waals surface area contributed by atoms with Gasteiger partial charge in [-0.15, -0.1) is 0 Å². The Morgan fingerprint density at radius 1 is 1.29 bits per heavy atom. The topological polar surface area (TPSA) is 97.1 Å². The molecule has 34 heavy (non-hydrogen) atoms. The number of nitrogens with zero attached hydrogens (tertiary/aromatic N) is 3. The third-order valence-corrected chi connectivity index (χ3v) is 5.66. The van der Waals surface area contributed by atoms with Gasteiger partial charge in [-0.2, -0.15) is 0 Å². The van der Waals surface area contributed by atoms with Crippen LogP contribution in [0.1, 0.15) is 56.3 Å². The van der Waals surface area contributed by atoms with Crippen LogP contribution in [0.25, 0.3) is 0 Å². The number of halogens is 1. The van der Waals surface area contributed by atoms with Crippen LogP contribution in [-0.2, 0) is 16.0 Å². The molecule has 186 valence electrons. The molecule has 1 aromatic heterocycles. The molecule has 9 nitrogen and oxygen atoms in total. The number of rotatable bonds is 6. The zero-order valence-corrected chi connectivity index (χ0v) is 21.4. The standard InChI is InChI=1S/C24H33ClN4O5/c1-7-32-21(30)20-12-26-22(33-20)27-19-11-18(25)10-17(16(19)3)14-28-8-9-29(15(2)13-28)23(31)34-24(4,5)6/h10-12,15H,7-9,13-14H2,1-6H3,(H,26,27)/t15-/m0/s1. The summed E-state index contributed by atoms with van der Waals surface area (Å²) >= 11 is 6.40. The van der Waals surface area contributed by atoms with E-state index in [9.17, 15) is 9.59 Å². The first-order chi connectivity index (χ1) is 16.0. The SMILES string of the molecule is CCOC(=O)c1cnc(Nc2cc(Cl)cc(CN3CCN(C(=O)OC(C)(C)C)[C@@H](C)C3)c2C)o1. The van der Waals surface area contributed by atoms with Crippen LogP contribution in [-0.4, -0.2) is 64.7 Å². The smallest absolute Gasteiger partial charge is 0.410 e. The van der Waals surface area contributed by atoms with Crippen LogP contribution in [0.5, 0.6) is 0 Å². The number of anilines is 2. The summed E-state index contributed by atoms with van der Waals surface area (Å²) < 4.78 is 15.9. The van der Waals surface area contributed by atoms with E-state index < -0.39 is 11.6 Å². The van der Waals surface area contributed by atoms with Gasteiger partial charge in [0.25, 0.3) is 6.01 Å². The number of ether oxygens (including phenoxy) is 2. The van der Waals surface area contributed by atoms with Crippen molar-refractivity contribution in [2.45, 2.75) is 59.7 Å². The van der Waals surface area contributed by atoms with Crippen LogP contribution in [0, 0.1) is 6.92 Å². The molecule has 1 amide bonds. The molecule has 1 aromatic carbocycles. The Bertz CT molecular complexity index is 1030. The molecule has 0 bridgehead atoms. The second-order valence-corrected chi connectivity index (χ2v) is 9.81. The number of carbonyl (C=O) groups excluding carboxylic acids is 2. The Morgan fingerprint density at radius 3 is 2.68 bits per heavy atom. The van der Waals surface area contributed by atoms with E-state index in [1.54, 1.807) is 17.9 Å². The molecular weight excluding hydrogens is 460 g/mol. The van der Waals surface area contributed by atoms with Crippen LogP contribution in [0.2, 0.25) is 5.02 Å². The first kappa shape index (κ1) is 25.8. The first-order valence-corrected chi connectivity index (χ1v) is 11.8. The third-order valence-electron chi connectivity index (χ3n) is 5.44. The van der Waals surface area contributed by atoms with Crippen molar-refractivity contribution in [3.05, 3.63) is 40.2 Å². The summed E-state index contributed by atoms with van der Waals surface area (Å²) in [5.41, 5.74) is 2.25. The highest BCUT2D eigenvalue weighted by molar-refractivity contribution is 6.31. The molecule has 1 atom stereocenters. The Balaban J connectivity index is 1.67. The van der Waals surface area contributed by atoms with E-state index in [0.29, 0.717) is 18.1 Å². The lowest BCUT2D eigenvalue weighted by Crippen LogP contribution is -2.54. The average Bonchev–Trinajstić information content (AvgIpc) is 3.19. The lowest BCUT2D eigenvalue weighted by Gasteiger charge is -2.40. The number of oxazole rings is 1. The molecule has 0 aliphatic carbocycles. The van der Waals surface area contributed by atoms with Crippen molar-refractivity contribution in [1.82, 2.24) is 14.8 Å². The molecule has 2 heterocycles. The number of amides is 1. The zero-order valence-electron chi connectivity index (χ0n) is 20.6. The number of aromatic nitrogens is 1. The summed E-state index contributed by atoms with van der Waals surface area (Å²) in [4.78, 5) is 32.5. The second-order valence-electron chi connectivity index (χ2n) is 9.37. The van der Waals surface area contributed by atoms with E-state index in [4.69, 9.17) is 25.5 Å². The van der Waals surface area contributed by atoms with Gasteiger partial charge in [-0.3, -0.25) is 4.90 Å². The summed E-state index contributed by atoms with van der Waals surface area (Å²) in [5, 5.41) is 3.67. The number of hydrogen-bond donors (Lipinski definition) is 1. The summed E-state index contributed by atoms with van der Waals surface area (Å²) in [6.07, 6.45) is 1.05. The highest BCUT2D eigenvalue weighted by Crippen LogP contribution is 2.29. The van der Waals surface area contributed by atoms with E-state index in [0.717, 1.165) is 29.9 Å². The van der Waals surface area contributed by atoms with Crippen LogP contribution >= 0.6 is 11.6 Å². The molecular formula is C24H33ClN4O5. The Kier molecular flexibility index (Phi) is 8.09. The molecule has 1 saturated heterocycles. The fourth-order valence-electron chi connectivity index (χ4n) is 3.78. The molecule has 0 saturated carbocycles. The monoisotopic (exact) mass is 492 g/mol. The zero-order chi connectivity index (χ0) is 25.0. The van der Waals surface area contributed by atoms with E-state index in [1.807, 2.05) is 40.7 Å². The van der Waals surface area contributed by atoms with E-state index in [-0.39, 0.29) is 30.5 Å². The van der Waals surface area contributed by atoms with E-state index >= 15 is 0 Å². The quantitative estimate of drug-likeness (QED) is 0.563. The molecule has 1 aliphatic rings. The van der Waals surface area contributed by atoms with Gasteiger partial charge in [0.05, 0.1) is 12.8 Å². The lowest BCUT2D eigenvalue weighted by molar-refractivity contribution is 0.000523. The molecule has 0 spiro atoms. The normalized spacial score (nSPS) is 16.9. The number of esters is 1. The number of carbonyl (C=O) groups is 2. The van der Waals surface area contributed by atoms with Gasteiger partial charge in [0.1, 0.15) is 5.60 Å². The van der Waals surface area contributed by atoms with Crippen molar-refractivity contribution in [2.75, 3.05) is 31.6 Å². The maximum atomic E-state index is 12.5. The van der Waals surface area contributed by atoms with Crippen molar-refractivity contribution >= 4 is 35.4 Å². The van der Waals surface area contributed by atoms with Gasteiger partial charge < -0.3 is 24.1 Å². The summed E-state index contributed by atoms with van der Waals surface area (Å²) in [5.74, 6) is -0.535. The molecule has 3 rings (SSSR count). The summed E-state index contributed by atoms with van der Waals surface area (Å²) in [7, 11) is 0.